The molecule has 1 N–H and O–H groups in total. The molecule has 2 fully saturated rings. The largest absolute Gasteiger partial charge is 0.502 e. The van der Waals surface area contributed by atoms with Crippen molar-refractivity contribution >= 4 is 0 Å². The number of hydrogen-bond donors (Lipinski definition) is 1. The van der Waals surface area contributed by atoms with E-state index in [4.69, 9.17) is 9.47 Å². The van der Waals surface area contributed by atoms with Gasteiger partial charge in [-0.2, -0.15) is 0 Å². The standard InChI is InChI=1S/C19H28O3/c1-3-21-10-8-19(20,9-11-22-4-2)18-13-14-12-17(18)16-7-5-6-15(14)16/h3-6,14-18,20H,1-2,7-13H2. The summed E-state index contributed by atoms with van der Waals surface area (Å²) >= 11 is 0. The Hall–Kier alpha value is -1.22. The Balaban J connectivity index is 1.68. The van der Waals surface area contributed by atoms with Gasteiger partial charge in [-0.1, -0.05) is 25.3 Å². The van der Waals surface area contributed by atoms with Crippen LogP contribution in [-0.4, -0.2) is 23.9 Å². The Labute approximate surface area is 133 Å². The molecule has 3 aliphatic rings. The summed E-state index contributed by atoms with van der Waals surface area (Å²) in [5, 5.41) is 11.4. The Morgan fingerprint density at radius 3 is 2.41 bits per heavy atom. The summed E-state index contributed by atoms with van der Waals surface area (Å²) in [6.07, 6.45) is 12.6. The minimum atomic E-state index is -0.695. The second kappa shape index (κ2) is 6.49. The maximum Gasteiger partial charge on any atom is 0.0900 e. The molecule has 22 heavy (non-hydrogen) atoms. The van der Waals surface area contributed by atoms with Gasteiger partial charge >= 0.3 is 0 Å². The van der Waals surface area contributed by atoms with Crippen molar-refractivity contribution in [2.75, 3.05) is 13.2 Å². The molecular formula is C19H28O3. The van der Waals surface area contributed by atoms with Gasteiger partial charge in [-0.15, -0.1) is 0 Å². The predicted molar refractivity (Wildman–Crippen MR) is 86.9 cm³/mol. The second-order valence-corrected chi connectivity index (χ2v) is 7.09. The van der Waals surface area contributed by atoms with E-state index in [-0.39, 0.29) is 0 Å². The van der Waals surface area contributed by atoms with Crippen LogP contribution in [-0.2, 0) is 9.47 Å². The van der Waals surface area contributed by atoms with Crippen molar-refractivity contribution < 1.29 is 14.6 Å². The first-order chi connectivity index (χ1) is 10.7. The number of ether oxygens (including phenoxy) is 2. The van der Waals surface area contributed by atoms with E-state index in [1.807, 2.05) is 0 Å². The van der Waals surface area contributed by atoms with Crippen LogP contribution < -0.4 is 0 Å². The van der Waals surface area contributed by atoms with Gasteiger partial charge in [0.15, 0.2) is 0 Å². The van der Waals surface area contributed by atoms with Gasteiger partial charge in [0, 0.05) is 12.8 Å². The van der Waals surface area contributed by atoms with Gasteiger partial charge in [0.05, 0.1) is 31.3 Å². The van der Waals surface area contributed by atoms with Gasteiger partial charge in [-0.3, -0.25) is 0 Å². The summed E-state index contributed by atoms with van der Waals surface area (Å²) in [5.74, 6) is 3.34. The highest BCUT2D eigenvalue weighted by Gasteiger charge is 2.57. The van der Waals surface area contributed by atoms with E-state index in [1.165, 1.54) is 25.4 Å². The fraction of sp³-hybridized carbons (Fsp3) is 0.684. The number of aliphatic hydroxyl groups is 1. The van der Waals surface area contributed by atoms with E-state index < -0.39 is 5.60 Å². The van der Waals surface area contributed by atoms with Crippen LogP contribution in [0.4, 0.5) is 0 Å². The second-order valence-electron chi connectivity index (χ2n) is 7.09. The molecule has 3 rings (SSSR count). The molecule has 2 saturated carbocycles. The van der Waals surface area contributed by atoms with E-state index in [2.05, 4.69) is 25.3 Å². The van der Waals surface area contributed by atoms with E-state index >= 15 is 0 Å². The molecule has 3 aliphatic carbocycles. The van der Waals surface area contributed by atoms with Gasteiger partial charge in [0.1, 0.15) is 0 Å². The monoisotopic (exact) mass is 304 g/mol. The average molecular weight is 304 g/mol. The highest BCUT2D eigenvalue weighted by Crippen LogP contribution is 2.61. The third-order valence-corrected chi connectivity index (χ3v) is 6.24. The molecule has 5 atom stereocenters. The van der Waals surface area contributed by atoms with Gasteiger partial charge < -0.3 is 14.6 Å². The van der Waals surface area contributed by atoms with Crippen LogP contribution in [0.3, 0.4) is 0 Å². The van der Waals surface area contributed by atoms with Crippen molar-refractivity contribution in [3.8, 4) is 0 Å². The summed E-state index contributed by atoms with van der Waals surface area (Å²) in [6.45, 7) is 8.21. The fourth-order valence-electron chi connectivity index (χ4n) is 5.31. The van der Waals surface area contributed by atoms with Gasteiger partial charge in [0.25, 0.3) is 0 Å². The zero-order chi connectivity index (χ0) is 15.6. The molecule has 3 nitrogen and oxygen atoms in total. The van der Waals surface area contributed by atoms with Crippen LogP contribution in [0.15, 0.2) is 37.8 Å². The third-order valence-electron chi connectivity index (χ3n) is 6.24. The van der Waals surface area contributed by atoms with Gasteiger partial charge in [0.2, 0.25) is 0 Å². The van der Waals surface area contributed by atoms with Crippen molar-refractivity contribution in [3.63, 3.8) is 0 Å². The van der Waals surface area contributed by atoms with Gasteiger partial charge in [-0.25, -0.2) is 0 Å². The van der Waals surface area contributed by atoms with Crippen LogP contribution >= 0.6 is 0 Å². The smallest absolute Gasteiger partial charge is 0.0900 e. The van der Waals surface area contributed by atoms with Crippen LogP contribution in [0, 0.1) is 29.6 Å². The molecule has 2 bridgehead atoms. The Morgan fingerprint density at radius 2 is 1.77 bits per heavy atom. The number of hydrogen-bond acceptors (Lipinski definition) is 3. The molecular weight excluding hydrogens is 276 g/mol. The summed E-state index contributed by atoms with van der Waals surface area (Å²) in [4.78, 5) is 0. The Bertz CT molecular complexity index is 428. The molecule has 0 aromatic heterocycles. The lowest BCUT2D eigenvalue weighted by molar-refractivity contribution is -0.0835. The average Bonchev–Trinajstić information content (AvgIpc) is 3.20. The fourth-order valence-corrected chi connectivity index (χ4v) is 5.31. The molecule has 3 heteroatoms. The summed E-state index contributed by atoms with van der Waals surface area (Å²) in [6, 6.07) is 0. The molecule has 5 unspecified atom stereocenters. The molecule has 122 valence electrons. The highest BCUT2D eigenvalue weighted by atomic mass is 16.5. The molecule has 0 saturated heterocycles. The lowest BCUT2D eigenvalue weighted by atomic mass is 9.67. The first kappa shape index (κ1) is 15.7. The highest BCUT2D eigenvalue weighted by molar-refractivity contribution is 5.16. The summed E-state index contributed by atoms with van der Waals surface area (Å²) in [7, 11) is 0. The van der Waals surface area contributed by atoms with Crippen molar-refractivity contribution in [1.82, 2.24) is 0 Å². The summed E-state index contributed by atoms with van der Waals surface area (Å²) in [5.41, 5.74) is -0.695. The maximum absolute atomic E-state index is 11.4. The Morgan fingerprint density at radius 1 is 1.09 bits per heavy atom. The zero-order valence-electron chi connectivity index (χ0n) is 13.3. The van der Waals surface area contributed by atoms with E-state index in [1.54, 1.807) is 0 Å². The van der Waals surface area contributed by atoms with Crippen molar-refractivity contribution in [1.29, 1.82) is 0 Å². The van der Waals surface area contributed by atoms with Crippen molar-refractivity contribution in [2.24, 2.45) is 29.6 Å². The lowest BCUT2D eigenvalue weighted by Crippen LogP contribution is -2.45. The van der Waals surface area contributed by atoms with Crippen LogP contribution in [0.5, 0.6) is 0 Å². The molecule has 0 spiro atoms. The van der Waals surface area contributed by atoms with E-state index in [9.17, 15) is 5.11 Å². The summed E-state index contributed by atoms with van der Waals surface area (Å²) < 4.78 is 10.6. The van der Waals surface area contributed by atoms with Crippen LogP contribution in [0.2, 0.25) is 0 Å². The molecule has 0 aromatic rings. The molecule has 0 aromatic carbocycles. The SMILES string of the molecule is C=COCCC(O)(CCOC=C)C1CC2CC1C1CC=CC21. The first-order valence-electron chi connectivity index (χ1n) is 8.53. The number of allylic oxidation sites excluding steroid dienone is 2. The molecule has 0 aliphatic heterocycles. The number of fused-ring (bicyclic) bond motifs is 5. The van der Waals surface area contributed by atoms with E-state index in [0.717, 1.165) is 24.2 Å². The van der Waals surface area contributed by atoms with Gasteiger partial charge in [-0.05, 0) is 48.9 Å². The molecule has 0 heterocycles. The van der Waals surface area contributed by atoms with Crippen molar-refractivity contribution in [3.05, 3.63) is 37.8 Å². The van der Waals surface area contributed by atoms with Crippen LogP contribution in [0.1, 0.15) is 32.1 Å². The molecule has 0 amide bonds. The predicted octanol–water partition coefficient (Wildman–Crippen LogP) is 3.67. The molecule has 0 radical (unpaired) electrons. The topological polar surface area (TPSA) is 38.7 Å². The third kappa shape index (κ3) is 2.71. The van der Waals surface area contributed by atoms with Crippen molar-refractivity contribution in [2.45, 2.75) is 37.7 Å². The van der Waals surface area contributed by atoms with E-state index in [0.29, 0.717) is 37.9 Å². The van der Waals surface area contributed by atoms with Crippen LogP contribution in [0.25, 0.3) is 0 Å². The Kier molecular flexibility index (Phi) is 4.62. The zero-order valence-corrected chi connectivity index (χ0v) is 13.3. The maximum atomic E-state index is 11.4. The lowest BCUT2D eigenvalue weighted by Gasteiger charge is -2.42. The first-order valence-corrected chi connectivity index (χ1v) is 8.53. The normalized spacial score (nSPS) is 35.4. The minimum Gasteiger partial charge on any atom is -0.502 e. The number of rotatable bonds is 9. The minimum absolute atomic E-state index is 0.375. The quantitative estimate of drug-likeness (QED) is 0.401.